The highest BCUT2D eigenvalue weighted by Gasteiger charge is 2.19. The minimum absolute atomic E-state index is 0.0151. The maximum atomic E-state index is 12.2. The minimum atomic E-state index is -3.71. The molecule has 116 valence electrons. The molecule has 0 saturated heterocycles. The van der Waals surface area contributed by atoms with Crippen molar-refractivity contribution in [2.75, 3.05) is 25.7 Å². The third-order valence-electron chi connectivity index (χ3n) is 2.49. The highest BCUT2D eigenvalue weighted by Crippen LogP contribution is 2.25. The summed E-state index contributed by atoms with van der Waals surface area (Å²) < 4.78 is 32.0. The zero-order valence-corrected chi connectivity index (χ0v) is 13.3. The van der Waals surface area contributed by atoms with Gasteiger partial charge in [-0.05, 0) is 30.0 Å². The highest BCUT2D eigenvalue weighted by molar-refractivity contribution is 7.98. The SMILES string of the molecule is COc1ccc(/C=C/C(=O)O)cc1S(=O)(=O)NCCSC. The number of hydrogen-bond acceptors (Lipinski definition) is 5. The Bertz CT molecular complexity index is 625. The summed E-state index contributed by atoms with van der Waals surface area (Å²) in [5, 5.41) is 8.60. The Hall–Kier alpha value is -1.51. The summed E-state index contributed by atoms with van der Waals surface area (Å²) in [5.74, 6) is -0.243. The molecule has 0 amide bonds. The molecule has 0 radical (unpaired) electrons. The number of nitrogens with one attached hydrogen (secondary N) is 1. The number of carbonyl (C=O) groups is 1. The first kappa shape index (κ1) is 17.5. The van der Waals surface area contributed by atoms with Gasteiger partial charge < -0.3 is 9.84 Å². The topological polar surface area (TPSA) is 92.7 Å². The monoisotopic (exact) mass is 331 g/mol. The van der Waals surface area contributed by atoms with Gasteiger partial charge in [0.1, 0.15) is 10.6 Å². The summed E-state index contributed by atoms with van der Waals surface area (Å²) in [6, 6.07) is 4.45. The second-order valence-electron chi connectivity index (χ2n) is 3.97. The van der Waals surface area contributed by atoms with Gasteiger partial charge in [-0.3, -0.25) is 0 Å². The molecule has 8 heteroatoms. The number of benzene rings is 1. The summed E-state index contributed by atoms with van der Waals surface area (Å²) in [5.41, 5.74) is 0.462. The predicted octanol–water partition coefficient (Wildman–Crippen LogP) is 1.43. The molecule has 0 aliphatic heterocycles. The molecule has 0 fully saturated rings. The lowest BCUT2D eigenvalue weighted by molar-refractivity contribution is -0.131. The van der Waals surface area contributed by atoms with Gasteiger partial charge in [-0.15, -0.1) is 0 Å². The van der Waals surface area contributed by atoms with Crippen molar-refractivity contribution in [2.45, 2.75) is 4.90 Å². The van der Waals surface area contributed by atoms with Crippen molar-refractivity contribution in [1.29, 1.82) is 0 Å². The third-order valence-corrected chi connectivity index (χ3v) is 4.59. The highest BCUT2D eigenvalue weighted by atomic mass is 32.2. The van der Waals surface area contributed by atoms with Crippen LogP contribution in [-0.4, -0.2) is 45.2 Å². The van der Waals surface area contributed by atoms with Gasteiger partial charge in [0, 0.05) is 18.4 Å². The van der Waals surface area contributed by atoms with E-state index < -0.39 is 16.0 Å². The number of carboxylic acid groups (broad SMARTS) is 1. The van der Waals surface area contributed by atoms with Crippen molar-refractivity contribution in [3.05, 3.63) is 29.8 Å². The number of rotatable bonds is 8. The minimum Gasteiger partial charge on any atom is -0.495 e. The van der Waals surface area contributed by atoms with Crippen LogP contribution in [0.4, 0.5) is 0 Å². The van der Waals surface area contributed by atoms with Gasteiger partial charge >= 0.3 is 5.97 Å². The molecule has 0 aliphatic carbocycles. The molecule has 0 bridgehead atoms. The van der Waals surface area contributed by atoms with Crippen LogP contribution in [0.15, 0.2) is 29.2 Å². The van der Waals surface area contributed by atoms with Crippen molar-refractivity contribution in [3.63, 3.8) is 0 Å². The summed E-state index contributed by atoms with van der Waals surface area (Å²) in [6.07, 6.45) is 4.15. The standard InChI is InChI=1S/C13H17NO5S2/c1-19-11-5-3-10(4-6-13(15)16)9-12(11)21(17,18)14-7-8-20-2/h3-6,9,14H,7-8H2,1-2H3,(H,15,16)/b6-4+. The molecule has 0 unspecified atom stereocenters. The molecule has 21 heavy (non-hydrogen) atoms. The van der Waals surface area contributed by atoms with E-state index in [1.54, 1.807) is 6.07 Å². The molecule has 0 saturated carbocycles. The molecule has 1 aromatic rings. The normalized spacial score (nSPS) is 11.7. The van der Waals surface area contributed by atoms with Crippen LogP contribution in [0.3, 0.4) is 0 Å². The summed E-state index contributed by atoms with van der Waals surface area (Å²) >= 11 is 1.53. The van der Waals surface area contributed by atoms with E-state index in [1.807, 2.05) is 6.26 Å². The molecule has 1 aromatic carbocycles. The fraction of sp³-hybridized carbons (Fsp3) is 0.308. The average Bonchev–Trinajstić information content (AvgIpc) is 2.45. The Balaban J connectivity index is 3.13. The molecule has 6 nitrogen and oxygen atoms in total. The second kappa shape index (κ2) is 8.06. The first-order valence-corrected chi connectivity index (χ1v) is 8.86. The van der Waals surface area contributed by atoms with Crippen LogP contribution in [0, 0.1) is 0 Å². The van der Waals surface area contributed by atoms with Crippen LogP contribution < -0.4 is 9.46 Å². The lowest BCUT2D eigenvalue weighted by atomic mass is 10.2. The molecular formula is C13H17NO5S2. The van der Waals surface area contributed by atoms with Crippen molar-refractivity contribution < 1.29 is 23.1 Å². The van der Waals surface area contributed by atoms with Crippen LogP contribution in [0.2, 0.25) is 0 Å². The number of carboxylic acids is 1. The van der Waals surface area contributed by atoms with E-state index >= 15 is 0 Å². The van der Waals surface area contributed by atoms with Crippen molar-refractivity contribution in [2.24, 2.45) is 0 Å². The van der Waals surface area contributed by atoms with E-state index in [0.717, 1.165) is 6.08 Å². The Kier molecular flexibility index (Phi) is 6.73. The molecule has 2 N–H and O–H groups in total. The van der Waals surface area contributed by atoms with Gasteiger partial charge in [-0.1, -0.05) is 6.07 Å². The second-order valence-corrected chi connectivity index (χ2v) is 6.69. The van der Waals surface area contributed by atoms with Crippen molar-refractivity contribution in [3.8, 4) is 5.75 Å². The van der Waals surface area contributed by atoms with Crippen LogP contribution >= 0.6 is 11.8 Å². The van der Waals surface area contributed by atoms with E-state index in [2.05, 4.69) is 4.72 Å². The van der Waals surface area contributed by atoms with Gasteiger partial charge in [0.05, 0.1) is 7.11 Å². The predicted molar refractivity (Wildman–Crippen MR) is 83.2 cm³/mol. The van der Waals surface area contributed by atoms with Crippen LogP contribution in [-0.2, 0) is 14.8 Å². The fourth-order valence-corrected chi connectivity index (χ4v) is 3.20. The lowest BCUT2D eigenvalue weighted by Crippen LogP contribution is -2.26. The van der Waals surface area contributed by atoms with E-state index in [0.29, 0.717) is 17.9 Å². The Morgan fingerprint density at radius 2 is 2.19 bits per heavy atom. The van der Waals surface area contributed by atoms with E-state index in [1.165, 1.54) is 37.1 Å². The number of thioether (sulfide) groups is 1. The van der Waals surface area contributed by atoms with Gasteiger partial charge in [0.25, 0.3) is 0 Å². The first-order chi connectivity index (χ1) is 9.90. The zero-order chi connectivity index (χ0) is 15.9. The maximum absolute atomic E-state index is 12.2. The van der Waals surface area contributed by atoms with E-state index in [-0.39, 0.29) is 10.6 Å². The summed E-state index contributed by atoms with van der Waals surface area (Å²) in [4.78, 5) is 10.5. The van der Waals surface area contributed by atoms with Crippen LogP contribution in [0.1, 0.15) is 5.56 Å². The Morgan fingerprint density at radius 3 is 2.76 bits per heavy atom. The third kappa shape index (κ3) is 5.41. The lowest BCUT2D eigenvalue weighted by Gasteiger charge is -2.11. The number of methoxy groups -OCH3 is 1. The van der Waals surface area contributed by atoms with Crippen LogP contribution in [0.25, 0.3) is 6.08 Å². The smallest absolute Gasteiger partial charge is 0.328 e. The van der Waals surface area contributed by atoms with E-state index in [4.69, 9.17) is 9.84 Å². The molecule has 1 rings (SSSR count). The van der Waals surface area contributed by atoms with E-state index in [9.17, 15) is 13.2 Å². The summed E-state index contributed by atoms with van der Waals surface area (Å²) in [7, 11) is -2.33. The molecule has 0 aromatic heterocycles. The average molecular weight is 331 g/mol. The van der Waals surface area contributed by atoms with Crippen LogP contribution in [0.5, 0.6) is 5.75 Å². The Morgan fingerprint density at radius 1 is 1.48 bits per heavy atom. The largest absolute Gasteiger partial charge is 0.495 e. The van der Waals surface area contributed by atoms with Gasteiger partial charge in [-0.2, -0.15) is 11.8 Å². The number of ether oxygens (including phenoxy) is 1. The fourth-order valence-electron chi connectivity index (χ4n) is 1.53. The quantitative estimate of drug-likeness (QED) is 0.553. The van der Waals surface area contributed by atoms with Crippen molar-refractivity contribution >= 4 is 33.8 Å². The summed E-state index contributed by atoms with van der Waals surface area (Å²) in [6.45, 7) is 0.307. The molecule has 0 spiro atoms. The van der Waals surface area contributed by atoms with Gasteiger partial charge in [0.15, 0.2) is 0 Å². The van der Waals surface area contributed by atoms with Crippen molar-refractivity contribution in [1.82, 2.24) is 4.72 Å². The number of hydrogen-bond donors (Lipinski definition) is 2. The van der Waals surface area contributed by atoms with Gasteiger partial charge in [0.2, 0.25) is 10.0 Å². The molecule has 0 aliphatic rings. The molecule has 0 heterocycles. The van der Waals surface area contributed by atoms with Gasteiger partial charge in [-0.25, -0.2) is 17.9 Å². The number of aliphatic carboxylic acids is 1. The molecular weight excluding hydrogens is 314 g/mol. The number of sulfonamides is 1. The first-order valence-electron chi connectivity index (χ1n) is 5.98. The Labute approximate surface area is 128 Å². The maximum Gasteiger partial charge on any atom is 0.328 e. The molecule has 0 atom stereocenters. The zero-order valence-electron chi connectivity index (χ0n) is 11.7.